The van der Waals surface area contributed by atoms with Crippen LogP contribution in [0.25, 0.3) is 0 Å². The van der Waals surface area contributed by atoms with Crippen molar-refractivity contribution < 1.29 is 13.2 Å². The van der Waals surface area contributed by atoms with Crippen molar-refractivity contribution in [1.29, 1.82) is 0 Å². The maximum atomic E-state index is 12.8. The van der Waals surface area contributed by atoms with E-state index in [-0.39, 0.29) is 11.4 Å². The van der Waals surface area contributed by atoms with E-state index in [9.17, 15) is 13.2 Å². The number of rotatable bonds is 8. The van der Waals surface area contributed by atoms with E-state index in [1.807, 2.05) is 12.1 Å². The lowest BCUT2D eigenvalue weighted by Gasteiger charge is -2.43. The molecule has 3 rings (SSSR count). The summed E-state index contributed by atoms with van der Waals surface area (Å²) in [7, 11) is -3.40. The van der Waals surface area contributed by atoms with Gasteiger partial charge < -0.3 is 5.32 Å². The molecular formula is C24H39N3O3S. The van der Waals surface area contributed by atoms with Gasteiger partial charge in [0.2, 0.25) is 15.9 Å². The van der Waals surface area contributed by atoms with Crippen LogP contribution in [0.2, 0.25) is 0 Å². The van der Waals surface area contributed by atoms with Crippen LogP contribution >= 0.6 is 0 Å². The van der Waals surface area contributed by atoms with E-state index < -0.39 is 10.0 Å². The lowest BCUT2D eigenvalue weighted by atomic mass is 9.93. The van der Waals surface area contributed by atoms with Crippen molar-refractivity contribution in [3.05, 3.63) is 29.8 Å². The summed E-state index contributed by atoms with van der Waals surface area (Å²) in [6.45, 7) is 10.7. The largest absolute Gasteiger partial charge is 0.354 e. The first-order valence-corrected chi connectivity index (χ1v) is 13.2. The average molecular weight is 450 g/mol. The predicted octanol–water partition coefficient (Wildman–Crippen LogP) is 3.42. The number of sulfonamides is 1. The lowest BCUT2D eigenvalue weighted by Crippen LogP contribution is -2.54. The molecule has 0 spiro atoms. The Bertz CT molecular complexity index is 830. The lowest BCUT2D eigenvalue weighted by molar-refractivity contribution is -0.121. The first-order valence-electron chi connectivity index (χ1n) is 11.8. The standard InChI is InChI=1S/C24H39N3O3S/c1-20-8-7-15-26(18-20)24(2,3)19-25-23(28)14-11-21-9-12-22(13-10-21)31(29,30)27-16-5-4-6-17-27/h9-10,12-13,20H,4-8,11,14-19H2,1-3H3,(H,25,28). The Hall–Kier alpha value is -1.44. The molecule has 7 heteroatoms. The molecule has 31 heavy (non-hydrogen) atoms. The van der Waals surface area contributed by atoms with Gasteiger partial charge in [0.25, 0.3) is 0 Å². The van der Waals surface area contributed by atoms with Crippen LogP contribution < -0.4 is 5.32 Å². The van der Waals surface area contributed by atoms with Crippen molar-refractivity contribution in [2.75, 3.05) is 32.7 Å². The van der Waals surface area contributed by atoms with Gasteiger partial charge in [-0.1, -0.05) is 25.5 Å². The normalized spacial score (nSPS) is 21.7. The van der Waals surface area contributed by atoms with Gasteiger partial charge in [0, 0.05) is 38.1 Å². The average Bonchev–Trinajstić information content (AvgIpc) is 2.77. The highest BCUT2D eigenvalue weighted by molar-refractivity contribution is 7.89. The van der Waals surface area contributed by atoms with Gasteiger partial charge in [-0.25, -0.2) is 8.42 Å². The summed E-state index contributed by atoms with van der Waals surface area (Å²) in [6, 6.07) is 7.03. The predicted molar refractivity (Wildman–Crippen MR) is 124 cm³/mol. The van der Waals surface area contributed by atoms with Crippen LogP contribution in [-0.2, 0) is 21.2 Å². The molecule has 1 aromatic carbocycles. The van der Waals surface area contributed by atoms with Gasteiger partial charge in [-0.2, -0.15) is 4.31 Å². The van der Waals surface area contributed by atoms with Gasteiger partial charge in [-0.05, 0) is 76.1 Å². The fourth-order valence-corrected chi connectivity index (χ4v) is 6.11. The van der Waals surface area contributed by atoms with Gasteiger partial charge >= 0.3 is 0 Å². The maximum absolute atomic E-state index is 12.8. The Morgan fingerprint density at radius 2 is 1.74 bits per heavy atom. The summed E-state index contributed by atoms with van der Waals surface area (Å²) >= 11 is 0. The maximum Gasteiger partial charge on any atom is 0.243 e. The zero-order valence-corrected chi connectivity index (χ0v) is 20.2. The van der Waals surface area contributed by atoms with Gasteiger partial charge in [0.15, 0.2) is 0 Å². The summed E-state index contributed by atoms with van der Waals surface area (Å²) in [6.07, 6.45) is 6.49. The van der Waals surface area contributed by atoms with E-state index in [1.165, 1.54) is 12.8 Å². The molecule has 174 valence electrons. The summed E-state index contributed by atoms with van der Waals surface area (Å²) < 4.78 is 27.1. The van der Waals surface area contributed by atoms with Crippen molar-refractivity contribution in [3.63, 3.8) is 0 Å². The smallest absolute Gasteiger partial charge is 0.243 e. The van der Waals surface area contributed by atoms with E-state index in [2.05, 4.69) is 31.0 Å². The van der Waals surface area contributed by atoms with E-state index in [1.54, 1.807) is 16.4 Å². The summed E-state index contributed by atoms with van der Waals surface area (Å²) in [5, 5.41) is 3.10. The first kappa shape index (κ1) is 24.2. The molecule has 0 bridgehead atoms. The molecule has 1 aromatic rings. The number of likely N-dealkylation sites (tertiary alicyclic amines) is 1. The second kappa shape index (κ2) is 10.5. The summed E-state index contributed by atoms with van der Waals surface area (Å²) in [4.78, 5) is 15.2. The van der Waals surface area contributed by atoms with Crippen LogP contribution in [0.5, 0.6) is 0 Å². The SMILES string of the molecule is CC1CCCN(C(C)(C)CNC(=O)CCc2ccc(S(=O)(=O)N3CCCCC3)cc2)C1. The minimum atomic E-state index is -3.40. The first-order chi connectivity index (χ1) is 14.7. The van der Waals surface area contributed by atoms with Crippen LogP contribution in [0.3, 0.4) is 0 Å². The molecule has 1 unspecified atom stereocenters. The van der Waals surface area contributed by atoms with Gasteiger partial charge in [0.1, 0.15) is 0 Å². The fourth-order valence-electron chi connectivity index (χ4n) is 4.59. The number of nitrogens with one attached hydrogen (secondary N) is 1. The summed E-state index contributed by atoms with van der Waals surface area (Å²) in [5.74, 6) is 0.758. The van der Waals surface area contributed by atoms with Crippen molar-refractivity contribution in [3.8, 4) is 0 Å². The molecule has 1 N–H and O–H groups in total. The Labute approximate surface area is 188 Å². The minimum Gasteiger partial charge on any atom is -0.354 e. The number of piperidine rings is 2. The molecule has 2 aliphatic rings. The highest BCUT2D eigenvalue weighted by Crippen LogP contribution is 2.24. The molecule has 1 atom stereocenters. The number of nitrogens with zero attached hydrogens (tertiary/aromatic N) is 2. The zero-order chi connectivity index (χ0) is 22.5. The molecule has 2 aliphatic heterocycles. The highest BCUT2D eigenvalue weighted by atomic mass is 32.2. The van der Waals surface area contributed by atoms with Gasteiger partial charge in [-0.15, -0.1) is 0 Å². The van der Waals surface area contributed by atoms with E-state index >= 15 is 0 Å². The third-order valence-corrected chi connectivity index (χ3v) is 8.66. The second-order valence-corrected chi connectivity index (χ2v) is 11.8. The third-order valence-electron chi connectivity index (χ3n) is 6.75. The monoisotopic (exact) mass is 449 g/mol. The van der Waals surface area contributed by atoms with Gasteiger partial charge in [-0.3, -0.25) is 9.69 Å². The number of benzene rings is 1. The molecule has 0 radical (unpaired) electrons. The Morgan fingerprint density at radius 3 is 2.39 bits per heavy atom. The van der Waals surface area contributed by atoms with Crippen molar-refractivity contribution >= 4 is 15.9 Å². The molecule has 0 saturated carbocycles. The topological polar surface area (TPSA) is 69.7 Å². The molecule has 0 aliphatic carbocycles. The summed E-state index contributed by atoms with van der Waals surface area (Å²) in [5.41, 5.74) is 0.936. The minimum absolute atomic E-state index is 0.0446. The third kappa shape index (κ3) is 6.53. The number of hydrogen-bond acceptors (Lipinski definition) is 4. The molecule has 2 heterocycles. The van der Waals surface area contributed by atoms with Crippen LogP contribution in [-0.4, -0.2) is 61.8 Å². The second-order valence-electron chi connectivity index (χ2n) is 9.89. The Balaban J connectivity index is 1.47. The fraction of sp³-hybridized carbons (Fsp3) is 0.708. The number of carbonyl (C=O) groups excluding carboxylic acids is 1. The molecule has 6 nitrogen and oxygen atoms in total. The number of aryl methyl sites for hydroxylation is 1. The zero-order valence-electron chi connectivity index (χ0n) is 19.4. The molecule has 2 saturated heterocycles. The van der Waals surface area contributed by atoms with Crippen LogP contribution in [0.15, 0.2) is 29.2 Å². The molecule has 1 amide bonds. The number of carbonyl (C=O) groups is 1. The molecule has 2 fully saturated rings. The number of amides is 1. The Morgan fingerprint density at radius 1 is 1.06 bits per heavy atom. The molecule has 0 aromatic heterocycles. The number of hydrogen-bond donors (Lipinski definition) is 1. The quantitative estimate of drug-likeness (QED) is 0.660. The van der Waals surface area contributed by atoms with Crippen LogP contribution in [0.1, 0.15) is 64.9 Å². The van der Waals surface area contributed by atoms with E-state index in [0.29, 0.717) is 43.3 Å². The van der Waals surface area contributed by atoms with Crippen LogP contribution in [0, 0.1) is 5.92 Å². The van der Waals surface area contributed by atoms with Crippen LogP contribution in [0.4, 0.5) is 0 Å². The van der Waals surface area contributed by atoms with E-state index in [4.69, 9.17) is 0 Å². The molecular weight excluding hydrogens is 410 g/mol. The van der Waals surface area contributed by atoms with Crippen molar-refractivity contribution in [1.82, 2.24) is 14.5 Å². The van der Waals surface area contributed by atoms with E-state index in [0.717, 1.165) is 37.9 Å². The van der Waals surface area contributed by atoms with Crippen molar-refractivity contribution in [2.45, 2.75) is 76.2 Å². The highest BCUT2D eigenvalue weighted by Gasteiger charge is 2.30. The van der Waals surface area contributed by atoms with Gasteiger partial charge in [0.05, 0.1) is 4.90 Å². The van der Waals surface area contributed by atoms with Crippen molar-refractivity contribution in [2.24, 2.45) is 5.92 Å². The Kier molecular flexibility index (Phi) is 8.16.